The summed E-state index contributed by atoms with van der Waals surface area (Å²) in [5, 5.41) is 7.02. The summed E-state index contributed by atoms with van der Waals surface area (Å²) in [4.78, 5) is 27.2. The molecule has 0 atom stereocenters. The van der Waals surface area contributed by atoms with Gasteiger partial charge >= 0.3 is 0 Å². The highest BCUT2D eigenvalue weighted by Gasteiger charge is 2.34. The second kappa shape index (κ2) is 20.2. The van der Waals surface area contributed by atoms with Gasteiger partial charge in [0.15, 0.2) is 11.6 Å². The number of anilines is 3. The standard InChI is InChI=1S/C38H59N3O2/c1-3-5-7-9-11-13-15-17-19-23-27-40-32-29-33(41-28-24-20-18-16-14-12-10-8-6-4-2)36(39)35-34(32)37(42)30-25-21-22-26-31(30)38(35)43/h21-22,25-26,29,40-41H,3-20,23-24,27-28,39H2,1-2H3. The van der Waals surface area contributed by atoms with Crippen LogP contribution in [0.25, 0.3) is 0 Å². The molecule has 2 aromatic carbocycles. The van der Waals surface area contributed by atoms with Gasteiger partial charge in [-0.1, -0.05) is 154 Å². The fraction of sp³-hybridized carbons (Fsp3) is 0.632. The van der Waals surface area contributed by atoms with E-state index in [-0.39, 0.29) is 11.6 Å². The maximum Gasteiger partial charge on any atom is 0.196 e. The topological polar surface area (TPSA) is 84.2 Å². The molecular weight excluding hydrogens is 530 g/mol. The SMILES string of the molecule is CCCCCCCCCCCCNc1cc(NCCCCCCCCCCCC)c2c(c1N)C(=O)c1ccccc1C2=O. The maximum atomic E-state index is 13.6. The van der Waals surface area contributed by atoms with Crippen LogP contribution in [0, 0.1) is 0 Å². The summed E-state index contributed by atoms with van der Waals surface area (Å²) in [7, 11) is 0. The van der Waals surface area contributed by atoms with E-state index in [1.54, 1.807) is 12.1 Å². The summed E-state index contributed by atoms with van der Waals surface area (Å²) in [6.07, 6.45) is 25.7. The first-order valence-corrected chi connectivity index (χ1v) is 17.7. The van der Waals surface area contributed by atoms with Crippen LogP contribution in [0.4, 0.5) is 17.1 Å². The number of hydrogen-bond donors (Lipinski definition) is 3. The lowest BCUT2D eigenvalue weighted by Gasteiger charge is -2.24. The Kier molecular flexibility index (Phi) is 16.3. The molecule has 0 fully saturated rings. The van der Waals surface area contributed by atoms with Crippen LogP contribution in [0.3, 0.4) is 0 Å². The van der Waals surface area contributed by atoms with Crippen molar-refractivity contribution in [3.8, 4) is 0 Å². The third-order valence-electron chi connectivity index (χ3n) is 8.93. The number of ketones is 2. The molecule has 0 radical (unpaired) electrons. The molecule has 5 nitrogen and oxygen atoms in total. The average molecular weight is 590 g/mol. The van der Waals surface area contributed by atoms with Crippen molar-refractivity contribution in [2.75, 3.05) is 29.5 Å². The lowest BCUT2D eigenvalue weighted by Crippen LogP contribution is -2.25. The number of carbonyl (C=O) groups is 2. The molecule has 0 saturated carbocycles. The minimum absolute atomic E-state index is 0.122. The Morgan fingerprint density at radius 3 is 1.33 bits per heavy atom. The van der Waals surface area contributed by atoms with Gasteiger partial charge in [0.05, 0.1) is 22.5 Å². The molecule has 0 amide bonds. The number of hydrogen-bond acceptors (Lipinski definition) is 5. The lowest BCUT2D eigenvalue weighted by molar-refractivity contribution is 0.0980. The number of nitrogens with two attached hydrogens (primary N) is 1. The molecular formula is C38H59N3O2. The van der Waals surface area contributed by atoms with E-state index in [0.29, 0.717) is 27.9 Å². The van der Waals surface area contributed by atoms with Crippen LogP contribution in [0.2, 0.25) is 0 Å². The van der Waals surface area contributed by atoms with E-state index in [4.69, 9.17) is 5.73 Å². The third kappa shape index (κ3) is 11.0. The number of nitrogen functional groups attached to an aromatic ring is 1. The van der Waals surface area contributed by atoms with Gasteiger partial charge in [-0.25, -0.2) is 0 Å². The number of carbonyl (C=O) groups excluding carboxylic acids is 2. The molecule has 43 heavy (non-hydrogen) atoms. The van der Waals surface area contributed by atoms with Gasteiger partial charge in [0.1, 0.15) is 0 Å². The van der Waals surface area contributed by atoms with Gasteiger partial charge in [-0.3, -0.25) is 9.59 Å². The first-order valence-electron chi connectivity index (χ1n) is 17.7. The molecule has 0 unspecified atom stereocenters. The molecule has 1 aliphatic carbocycles. The van der Waals surface area contributed by atoms with E-state index < -0.39 is 0 Å². The molecule has 5 heteroatoms. The fourth-order valence-electron chi connectivity index (χ4n) is 6.28. The Morgan fingerprint density at radius 1 is 0.512 bits per heavy atom. The van der Waals surface area contributed by atoms with E-state index >= 15 is 0 Å². The van der Waals surface area contributed by atoms with Crippen molar-refractivity contribution < 1.29 is 9.59 Å². The zero-order valence-electron chi connectivity index (χ0n) is 27.3. The number of fused-ring (bicyclic) bond motifs is 2. The Bertz CT molecular complexity index is 1130. The Labute approximate surface area is 262 Å². The molecule has 0 bridgehead atoms. The fourth-order valence-corrected chi connectivity index (χ4v) is 6.28. The normalized spacial score (nSPS) is 12.3. The number of rotatable bonds is 24. The van der Waals surface area contributed by atoms with Crippen LogP contribution in [0.5, 0.6) is 0 Å². The van der Waals surface area contributed by atoms with E-state index in [1.165, 1.54) is 116 Å². The van der Waals surface area contributed by atoms with Crippen LogP contribution < -0.4 is 16.4 Å². The Balaban J connectivity index is 1.55. The zero-order valence-corrected chi connectivity index (χ0v) is 27.3. The molecule has 1 aliphatic rings. The summed E-state index contributed by atoms with van der Waals surface area (Å²) in [5.74, 6) is -0.281. The molecule has 4 N–H and O–H groups in total. The van der Waals surface area contributed by atoms with Crippen molar-refractivity contribution in [3.05, 3.63) is 52.6 Å². The highest BCUT2D eigenvalue weighted by atomic mass is 16.1. The summed E-state index contributed by atoms with van der Waals surface area (Å²) in [6, 6.07) is 9.07. The first-order chi connectivity index (χ1) is 21.1. The van der Waals surface area contributed by atoms with E-state index in [1.807, 2.05) is 18.2 Å². The van der Waals surface area contributed by atoms with Gasteiger partial charge in [-0.2, -0.15) is 0 Å². The molecule has 0 heterocycles. The smallest absolute Gasteiger partial charge is 0.196 e. The van der Waals surface area contributed by atoms with Gasteiger partial charge in [0.25, 0.3) is 0 Å². The predicted molar refractivity (Wildman–Crippen MR) is 185 cm³/mol. The summed E-state index contributed by atoms with van der Waals surface area (Å²) in [5.41, 5.74) is 10.2. The average Bonchev–Trinajstić information content (AvgIpc) is 3.02. The molecule has 2 aromatic rings. The zero-order chi connectivity index (χ0) is 30.7. The third-order valence-corrected chi connectivity index (χ3v) is 8.93. The van der Waals surface area contributed by atoms with Gasteiger partial charge in [-0.05, 0) is 18.9 Å². The summed E-state index contributed by atoms with van der Waals surface area (Å²) in [6.45, 7) is 6.10. The molecule has 0 spiro atoms. The molecule has 0 aliphatic heterocycles. The van der Waals surface area contributed by atoms with Crippen molar-refractivity contribution >= 4 is 28.6 Å². The summed E-state index contributed by atoms with van der Waals surface area (Å²) >= 11 is 0. The van der Waals surface area contributed by atoms with Crippen molar-refractivity contribution in [2.45, 2.75) is 142 Å². The largest absolute Gasteiger partial charge is 0.396 e. The second-order valence-corrected chi connectivity index (χ2v) is 12.6. The number of unbranched alkanes of at least 4 members (excludes halogenated alkanes) is 18. The van der Waals surface area contributed by atoms with Crippen LogP contribution in [0.15, 0.2) is 30.3 Å². The van der Waals surface area contributed by atoms with Crippen molar-refractivity contribution in [1.29, 1.82) is 0 Å². The monoisotopic (exact) mass is 589 g/mol. The van der Waals surface area contributed by atoms with Crippen molar-refractivity contribution in [2.24, 2.45) is 0 Å². The maximum absolute atomic E-state index is 13.6. The van der Waals surface area contributed by atoms with Crippen LogP contribution in [0.1, 0.15) is 174 Å². The molecule has 0 saturated heterocycles. The van der Waals surface area contributed by atoms with E-state index in [9.17, 15) is 9.59 Å². The predicted octanol–water partition coefficient (Wildman–Crippen LogP) is 10.7. The molecule has 238 valence electrons. The lowest BCUT2D eigenvalue weighted by atomic mass is 9.82. The van der Waals surface area contributed by atoms with Gasteiger partial charge in [0.2, 0.25) is 0 Å². The minimum Gasteiger partial charge on any atom is -0.396 e. The summed E-state index contributed by atoms with van der Waals surface area (Å²) < 4.78 is 0. The second-order valence-electron chi connectivity index (χ2n) is 12.6. The van der Waals surface area contributed by atoms with Crippen molar-refractivity contribution in [1.82, 2.24) is 0 Å². The highest BCUT2D eigenvalue weighted by molar-refractivity contribution is 6.32. The van der Waals surface area contributed by atoms with Gasteiger partial charge in [-0.15, -0.1) is 0 Å². The first kappa shape index (κ1) is 34.7. The van der Waals surface area contributed by atoms with Crippen molar-refractivity contribution in [3.63, 3.8) is 0 Å². The molecule has 0 aromatic heterocycles. The number of nitrogens with one attached hydrogen (secondary N) is 2. The Morgan fingerprint density at radius 2 is 0.884 bits per heavy atom. The quantitative estimate of drug-likeness (QED) is 0.0715. The minimum atomic E-state index is -0.160. The van der Waals surface area contributed by atoms with Crippen LogP contribution in [-0.2, 0) is 0 Å². The highest BCUT2D eigenvalue weighted by Crippen LogP contribution is 2.39. The number of benzene rings is 2. The Hall–Kier alpha value is -2.82. The van der Waals surface area contributed by atoms with Crippen LogP contribution in [-0.4, -0.2) is 24.7 Å². The van der Waals surface area contributed by atoms with E-state index in [0.717, 1.165) is 37.3 Å². The molecule has 3 rings (SSSR count). The van der Waals surface area contributed by atoms with Gasteiger partial charge < -0.3 is 16.4 Å². The van der Waals surface area contributed by atoms with Gasteiger partial charge in [0, 0.05) is 29.9 Å². The van der Waals surface area contributed by atoms with Crippen LogP contribution >= 0.6 is 0 Å². The van der Waals surface area contributed by atoms with E-state index in [2.05, 4.69) is 24.5 Å².